The Morgan fingerprint density at radius 2 is 2.10 bits per heavy atom. The highest BCUT2D eigenvalue weighted by atomic mass is 32.1. The molecule has 1 saturated heterocycles. The normalized spacial score (nSPS) is 16.5. The van der Waals surface area contributed by atoms with Crippen molar-refractivity contribution in [3.8, 4) is 0 Å². The van der Waals surface area contributed by atoms with E-state index in [2.05, 4.69) is 11.1 Å². The predicted molar refractivity (Wildman–Crippen MR) is 84.4 cm³/mol. The van der Waals surface area contributed by atoms with Crippen LogP contribution in [0.15, 0.2) is 24.3 Å². The first-order valence-electron chi connectivity index (χ1n) is 7.52. The number of piperidine rings is 1. The Morgan fingerprint density at radius 3 is 2.86 bits per heavy atom. The molecule has 0 saturated carbocycles. The largest absolute Gasteiger partial charge is 0.393 e. The lowest BCUT2D eigenvalue weighted by molar-refractivity contribution is -0.133. The fourth-order valence-corrected chi connectivity index (χ4v) is 3.70. The van der Waals surface area contributed by atoms with Crippen molar-refractivity contribution in [1.29, 1.82) is 0 Å². The Labute approximate surface area is 128 Å². The van der Waals surface area contributed by atoms with Crippen LogP contribution in [0.4, 0.5) is 0 Å². The molecule has 112 valence electrons. The van der Waals surface area contributed by atoms with E-state index >= 15 is 0 Å². The van der Waals surface area contributed by atoms with Gasteiger partial charge in [0.15, 0.2) is 0 Å². The van der Waals surface area contributed by atoms with E-state index in [-0.39, 0.29) is 12.0 Å². The number of aliphatic hydroxyl groups excluding tert-OH is 1. The van der Waals surface area contributed by atoms with Crippen LogP contribution in [-0.4, -0.2) is 40.1 Å². The summed E-state index contributed by atoms with van der Waals surface area (Å²) in [4.78, 5) is 18.6. The van der Waals surface area contributed by atoms with Gasteiger partial charge < -0.3 is 10.0 Å². The van der Waals surface area contributed by atoms with Crippen LogP contribution in [0.5, 0.6) is 0 Å². The number of hydrogen-bond donors (Lipinski definition) is 1. The van der Waals surface area contributed by atoms with E-state index in [1.54, 1.807) is 11.3 Å². The maximum Gasteiger partial charge on any atom is 0.222 e. The number of carbonyl (C=O) groups is 1. The number of thiazole rings is 1. The van der Waals surface area contributed by atoms with Crippen LogP contribution in [-0.2, 0) is 11.2 Å². The van der Waals surface area contributed by atoms with E-state index in [0.29, 0.717) is 32.4 Å². The maximum absolute atomic E-state index is 12.1. The molecule has 0 radical (unpaired) electrons. The third-order valence-corrected chi connectivity index (χ3v) is 5.03. The molecule has 0 spiro atoms. The minimum atomic E-state index is -0.225. The van der Waals surface area contributed by atoms with Crippen LogP contribution < -0.4 is 0 Å². The number of aryl methyl sites for hydroxylation is 1. The van der Waals surface area contributed by atoms with Gasteiger partial charge >= 0.3 is 0 Å². The second kappa shape index (κ2) is 6.54. The van der Waals surface area contributed by atoms with Crippen molar-refractivity contribution < 1.29 is 9.90 Å². The first-order chi connectivity index (χ1) is 10.2. The molecule has 1 aromatic heterocycles. The zero-order valence-electron chi connectivity index (χ0n) is 12.0. The van der Waals surface area contributed by atoms with Gasteiger partial charge in [-0.25, -0.2) is 4.98 Å². The standard InChI is InChI=1S/C16H20N2O2S/c19-12-8-10-18(11-9-12)16(20)7-3-6-15-17-13-4-1-2-5-14(13)21-15/h1-2,4-5,12,19H,3,6-11H2. The van der Waals surface area contributed by atoms with Gasteiger partial charge in [0.1, 0.15) is 0 Å². The van der Waals surface area contributed by atoms with E-state index in [1.807, 2.05) is 23.1 Å². The molecule has 5 heteroatoms. The van der Waals surface area contributed by atoms with Crippen LogP contribution in [0, 0.1) is 0 Å². The molecule has 3 rings (SSSR count). The summed E-state index contributed by atoms with van der Waals surface area (Å²) in [7, 11) is 0. The van der Waals surface area contributed by atoms with Crippen molar-refractivity contribution in [3.63, 3.8) is 0 Å². The lowest BCUT2D eigenvalue weighted by Crippen LogP contribution is -2.39. The van der Waals surface area contributed by atoms with Gasteiger partial charge in [-0.2, -0.15) is 0 Å². The summed E-state index contributed by atoms with van der Waals surface area (Å²) in [5.41, 5.74) is 1.05. The highest BCUT2D eigenvalue weighted by Gasteiger charge is 2.20. The van der Waals surface area contributed by atoms with Crippen molar-refractivity contribution in [2.45, 2.75) is 38.2 Å². The Hall–Kier alpha value is -1.46. The fourth-order valence-electron chi connectivity index (χ4n) is 2.69. The lowest BCUT2D eigenvalue weighted by Gasteiger charge is -2.29. The number of amides is 1. The van der Waals surface area contributed by atoms with Crippen molar-refractivity contribution in [2.75, 3.05) is 13.1 Å². The molecule has 4 nitrogen and oxygen atoms in total. The van der Waals surface area contributed by atoms with Gasteiger partial charge in [-0.15, -0.1) is 11.3 Å². The van der Waals surface area contributed by atoms with Crippen molar-refractivity contribution in [1.82, 2.24) is 9.88 Å². The number of aromatic nitrogens is 1. The Kier molecular flexibility index (Phi) is 4.51. The van der Waals surface area contributed by atoms with Gasteiger partial charge in [0.05, 0.1) is 21.3 Å². The average Bonchev–Trinajstić information content (AvgIpc) is 2.90. The monoisotopic (exact) mass is 304 g/mol. The lowest BCUT2D eigenvalue weighted by atomic mass is 10.1. The zero-order valence-corrected chi connectivity index (χ0v) is 12.8. The van der Waals surface area contributed by atoms with Gasteiger partial charge in [0.2, 0.25) is 5.91 Å². The van der Waals surface area contributed by atoms with E-state index in [4.69, 9.17) is 0 Å². The summed E-state index contributed by atoms with van der Waals surface area (Å²) in [6, 6.07) is 8.14. The summed E-state index contributed by atoms with van der Waals surface area (Å²) >= 11 is 1.72. The number of likely N-dealkylation sites (tertiary alicyclic amines) is 1. The number of hydrogen-bond acceptors (Lipinski definition) is 4. The van der Waals surface area contributed by atoms with Gasteiger partial charge in [-0.05, 0) is 37.8 Å². The number of para-hydroxylation sites is 1. The summed E-state index contributed by atoms with van der Waals surface area (Å²) in [6.07, 6.45) is 3.48. The smallest absolute Gasteiger partial charge is 0.222 e. The summed E-state index contributed by atoms with van der Waals surface area (Å²) in [5, 5.41) is 10.6. The second-order valence-electron chi connectivity index (χ2n) is 5.54. The molecule has 1 aliphatic heterocycles. The first-order valence-corrected chi connectivity index (χ1v) is 8.34. The highest BCUT2D eigenvalue weighted by Crippen LogP contribution is 2.23. The van der Waals surface area contributed by atoms with E-state index in [9.17, 15) is 9.90 Å². The van der Waals surface area contributed by atoms with E-state index < -0.39 is 0 Å². The van der Waals surface area contributed by atoms with Crippen LogP contribution >= 0.6 is 11.3 Å². The number of aliphatic hydroxyl groups is 1. The molecule has 1 N–H and O–H groups in total. The number of rotatable bonds is 4. The second-order valence-corrected chi connectivity index (χ2v) is 6.66. The van der Waals surface area contributed by atoms with Crippen LogP contribution in [0.1, 0.15) is 30.7 Å². The molecule has 1 fully saturated rings. The molecule has 1 aliphatic rings. The Balaban J connectivity index is 1.48. The molecule has 0 aliphatic carbocycles. The van der Waals surface area contributed by atoms with Crippen molar-refractivity contribution in [3.05, 3.63) is 29.3 Å². The quantitative estimate of drug-likeness (QED) is 0.944. The van der Waals surface area contributed by atoms with E-state index in [1.165, 1.54) is 4.70 Å². The summed E-state index contributed by atoms with van der Waals surface area (Å²) < 4.78 is 1.21. The van der Waals surface area contributed by atoms with Gasteiger partial charge in [0, 0.05) is 19.5 Å². The van der Waals surface area contributed by atoms with Crippen LogP contribution in [0.3, 0.4) is 0 Å². The SMILES string of the molecule is O=C(CCCc1nc2ccccc2s1)N1CCC(O)CC1. The van der Waals surface area contributed by atoms with Gasteiger partial charge in [-0.3, -0.25) is 4.79 Å². The average molecular weight is 304 g/mol. The Bertz CT molecular complexity index is 585. The summed E-state index contributed by atoms with van der Waals surface area (Å²) in [5.74, 6) is 0.211. The Morgan fingerprint density at radius 1 is 1.33 bits per heavy atom. The van der Waals surface area contributed by atoms with Crippen molar-refractivity contribution in [2.24, 2.45) is 0 Å². The molecule has 2 heterocycles. The topological polar surface area (TPSA) is 53.4 Å². The van der Waals surface area contributed by atoms with Crippen LogP contribution in [0.2, 0.25) is 0 Å². The van der Waals surface area contributed by atoms with Crippen molar-refractivity contribution >= 4 is 27.5 Å². The fraction of sp³-hybridized carbons (Fsp3) is 0.500. The van der Waals surface area contributed by atoms with Gasteiger partial charge in [0.25, 0.3) is 0 Å². The zero-order chi connectivity index (χ0) is 14.7. The third-order valence-electron chi connectivity index (χ3n) is 3.94. The molecule has 0 bridgehead atoms. The number of fused-ring (bicyclic) bond motifs is 1. The molecular formula is C16H20N2O2S. The van der Waals surface area contributed by atoms with Crippen LogP contribution in [0.25, 0.3) is 10.2 Å². The van der Waals surface area contributed by atoms with Gasteiger partial charge in [-0.1, -0.05) is 12.1 Å². The molecule has 2 aromatic rings. The molecule has 0 atom stereocenters. The van der Waals surface area contributed by atoms with E-state index in [0.717, 1.165) is 23.4 Å². The number of benzene rings is 1. The predicted octanol–water partition coefficient (Wildman–Crippen LogP) is 2.60. The minimum Gasteiger partial charge on any atom is -0.393 e. The molecule has 1 aromatic carbocycles. The number of carbonyl (C=O) groups excluding carboxylic acids is 1. The first kappa shape index (κ1) is 14.5. The minimum absolute atomic E-state index is 0.211. The third kappa shape index (κ3) is 3.60. The number of nitrogens with zero attached hydrogens (tertiary/aromatic N) is 2. The molecule has 1 amide bonds. The highest BCUT2D eigenvalue weighted by molar-refractivity contribution is 7.18. The maximum atomic E-state index is 12.1. The molecule has 0 unspecified atom stereocenters. The summed E-state index contributed by atoms with van der Waals surface area (Å²) in [6.45, 7) is 1.39. The molecular weight excluding hydrogens is 284 g/mol. The molecule has 21 heavy (non-hydrogen) atoms.